The fourth-order valence-corrected chi connectivity index (χ4v) is 4.28. The highest BCUT2D eigenvalue weighted by atomic mass is 16.6. The fourth-order valence-electron chi connectivity index (χ4n) is 4.28. The Kier molecular flexibility index (Phi) is 10.3. The first-order valence-electron chi connectivity index (χ1n) is 13.0. The molecule has 0 aliphatic rings. The van der Waals surface area contributed by atoms with Crippen LogP contribution in [0.3, 0.4) is 0 Å². The fraction of sp³-hybridized carbons (Fsp3) is 0.500. The van der Waals surface area contributed by atoms with Crippen LogP contribution in [0.25, 0.3) is 0 Å². The van der Waals surface area contributed by atoms with E-state index in [9.17, 15) is 14.4 Å². The van der Waals surface area contributed by atoms with E-state index in [0.29, 0.717) is 13.0 Å². The van der Waals surface area contributed by atoms with Crippen molar-refractivity contribution in [3.8, 4) is 0 Å². The summed E-state index contributed by atoms with van der Waals surface area (Å²) < 4.78 is 5.43. The Morgan fingerprint density at radius 3 is 2.00 bits per heavy atom. The zero-order valence-corrected chi connectivity index (χ0v) is 23.8. The van der Waals surface area contributed by atoms with Crippen LogP contribution >= 0.6 is 0 Å². The van der Waals surface area contributed by atoms with E-state index in [2.05, 4.69) is 10.6 Å². The first kappa shape index (κ1) is 29.9. The SMILES string of the molecule is CCCN(C(=O)C(NC(=O)OC(C)(C)C)C(C)C)C(C(=O)Nc1c(C)cccc1C)c1ccccc1C. The average Bonchev–Trinajstić information content (AvgIpc) is 2.79. The van der Waals surface area contributed by atoms with Gasteiger partial charge >= 0.3 is 6.09 Å². The minimum Gasteiger partial charge on any atom is -0.444 e. The van der Waals surface area contributed by atoms with Gasteiger partial charge < -0.3 is 20.3 Å². The Labute approximate surface area is 222 Å². The maximum Gasteiger partial charge on any atom is 0.408 e. The zero-order valence-electron chi connectivity index (χ0n) is 23.8. The summed E-state index contributed by atoms with van der Waals surface area (Å²) in [6.45, 7) is 17.2. The molecule has 2 N–H and O–H groups in total. The number of amides is 3. The van der Waals surface area contributed by atoms with Gasteiger partial charge in [0.2, 0.25) is 5.91 Å². The van der Waals surface area contributed by atoms with Crippen molar-refractivity contribution >= 4 is 23.6 Å². The summed E-state index contributed by atoms with van der Waals surface area (Å²) in [7, 11) is 0. The third-order valence-corrected chi connectivity index (χ3v) is 6.12. The molecule has 0 radical (unpaired) electrons. The first-order chi connectivity index (χ1) is 17.3. The van der Waals surface area contributed by atoms with Gasteiger partial charge in [0.1, 0.15) is 17.7 Å². The standard InChI is InChI=1S/C30H43N3O4/c1-10-18-33(28(35)24(19(2)3)32-29(36)37-30(7,8)9)26(23-17-12-11-14-20(23)4)27(34)31-25-21(5)15-13-16-22(25)6/h11-17,19,24,26H,10,18H2,1-9H3,(H,31,34)(H,32,36). The number of anilines is 1. The summed E-state index contributed by atoms with van der Waals surface area (Å²) in [6, 6.07) is 11.7. The predicted molar refractivity (Wildman–Crippen MR) is 148 cm³/mol. The minimum absolute atomic E-state index is 0.224. The molecule has 7 heteroatoms. The van der Waals surface area contributed by atoms with E-state index in [1.807, 2.05) is 84.0 Å². The van der Waals surface area contributed by atoms with Crippen molar-refractivity contribution in [2.45, 2.75) is 86.4 Å². The molecule has 2 aromatic rings. The van der Waals surface area contributed by atoms with Crippen molar-refractivity contribution in [3.63, 3.8) is 0 Å². The lowest BCUT2D eigenvalue weighted by molar-refractivity contribution is -0.141. The summed E-state index contributed by atoms with van der Waals surface area (Å²) in [5.41, 5.74) is 3.57. The molecule has 37 heavy (non-hydrogen) atoms. The molecule has 2 rings (SSSR count). The highest BCUT2D eigenvalue weighted by Gasteiger charge is 2.37. The lowest BCUT2D eigenvalue weighted by Crippen LogP contribution is -2.54. The number of benzene rings is 2. The van der Waals surface area contributed by atoms with Crippen LogP contribution in [0.5, 0.6) is 0 Å². The molecular weight excluding hydrogens is 466 g/mol. The Bertz CT molecular complexity index is 1080. The molecule has 202 valence electrons. The van der Waals surface area contributed by atoms with Gasteiger partial charge in [-0.2, -0.15) is 0 Å². The van der Waals surface area contributed by atoms with Gasteiger partial charge in [-0.1, -0.05) is 63.2 Å². The molecule has 0 fully saturated rings. The van der Waals surface area contributed by atoms with Gasteiger partial charge in [0.05, 0.1) is 0 Å². The van der Waals surface area contributed by atoms with Crippen LogP contribution in [0.1, 0.15) is 76.3 Å². The third-order valence-electron chi connectivity index (χ3n) is 6.12. The van der Waals surface area contributed by atoms with Gasteiger partial charge in [0, 0.05) is 12.2 Å². The van der Waals surface area contributed by atoms with Crippen LogP contribution < -0.4 is 10.6 Å². The summed E-state index contributed by atoms with van der Waals surface area (Å²) >= 11 is 0. The number of hydrogen-bond acceptors (Lipinski definition) is 4. The molecule has 2 aromatic carbocycles. The number of carbonyl (C=O) groups is 3. The van der Waals surface area contributed by atoms with Crippen molar-refractivity contribution in [3.05, 3.63) is 64.7 Å². The molecule has 0 heterocycles. The van der Waals surface area contributed by atoms with E-state index in [4.69, 9.17) is 4.74 Å². The quantitative estimate of drug-likeness (QED) is 0.429. The molecule has 2 atom stereocenters. The molecule has 0 spiro atoms. The maximum atomic E-state index is 14.1. The van der Waals surface area contributed by atoms with E-state index in [-0.39, 0.29) is 17.7 Å². The van der Waals surface area contributed by atoms with Gasteiger partial charge in [0.25, 0.3) is 5.91 Å². The molecule has 0 saturated carbocycles. The second-order valence-electron chi connectivity index (χ2n) is 10.9. The minimum atomic E-state index is -0.880. The van der Waals surface area contributed by atoms with E-state index < -0.39 is 23.8 Å². The average molecular weight is 510 g/mol. The molecule has 0 bridgehead atoms. The van der Waals surface area contributed by atoms with Gasteiger partial charge in [-0.15, -0.1) is 0 Å². The predicted octanol–water partition coefficient (Wildman–Crippen LogP) is 6.08. The monoisotopic (exact) mass is 509 g/mol. The number of nitrogens with one attached hydrogen (secondary N) is 2. The number of ether oxygens (including phenoxy) is 1. The number of para-hydroxylation sites is 1. The number of aryl methyl sites for hydroxylation is 3. The van der Waals surface area contributed by atoms with Crippen molar-refractivity contribution < 1.29 is 19.1 Å². The summed E-state index contributed by atoms with van der Waals surface area (Å²) in [6.07, 6.45) is -0.0226. The summed E-state index contributed by atoms with van der Waals surface area (Å²) in [4.78, 5) is 42.3. The van der Waals surface area contributed by atoms with Crippen LogP contribution in [-0.4, -0.2) is 41.0 Å². The Morgan fingerprint density at radius 2 is 1.49 bits per heavy atom. The van der Waals surface area contributed by atoms with Crippen LogP contribution in [-0.2, 0) is 14.3 Å². The molecule has 3 amide bonds. The highest BCUT2D eigenvalue weighted by Crippen LogP contribution is 2.29. The zero-order chi connectivity index (χ0) is 27.9. The van der Waals surface area contributed by atoms with E-state index in [1.165, 1.54) is 0 Å². The number of alkyl carbamates (subject to hydrolysis) is 1. The smallest absolute Gasteiger partial charge is 0.408 e. The van der Waals surface area contributed by atoms with Crippen molar-refractivity contribution in [2.24, 2.45) is 5.92 Å². The largest absolute Gasteiger partial charge is 0.444 e. The molecule has 0 saturated heterocycles. The number of rotatable bonds is 9. The molecule has 7 nitrogen and oxygen atoms in total. The Hall–Kier alpha value is -3.35. The second kappa shape index (κ2) is 12.7. The molecule has 0 aliphatic heterocycles. The van der Waals surface area contributed by atoms with Gasteiger partial charge in [-0.3, -0.25) is 9.59 Å². The topological polar surface area (TPSA) is 87.7 Å². The Morgan fingerprint density at radius 1 is 0.919 bits per heavy atom. The highest BCUT2D eigenvalue weighted by molar-refractivity contribution is 6.00. The molecule has 0 aromatic heterocycles. The molecule has 0 aliphatic carbocycles. The van der Waals surface area contributed by atoms with Crippen LogP contribution in [0.4, 0.5) is 10.5 Å². The van der Waals surface area contributed by atoms with E-state index in [1.54, 1.807) is 25.7 Å². The van der Waals surface area contributed by atoms with Crippen molar-refractivity contribution in [1.29, 1.82) is 0 Å². The second-order valence-corrected chi connectivity index (χ2v) is 10.9. The number of nitrogens with zero attached hydrogens (tertiary/aromatic N) is 1. The van der Waals surface area contributed by atoms with Gasteiger partial charge in [-0.05, 0) is 76.1 Å². The Balaban J connectivity index is 2.54. The number of hydrogen-bond donors (Lipinski definition) is 2. The molecule has 2 unspecified atom stereocenters. The number of carbonyl (C=O) groups excluding carboxylic acids is 3. The van der Waals surface area contributed by atoms with Crippen LogP contribution in [0, 0.1) is 26.7 Å². The third kappa shape index (κ3) is 8.07. The van der Waals surface area contributed by atoms with Gasteiger partial charge in [-0.25, -0.2) is 4.79 Å². The lowest BCUT2D eigenvalue weighted by Gasteiger charge is -2.36. The van der Waals surface area contributed by atoms with Crippen molar-refractivity contribution in [1.82, 2.24) is 10.2 Å². The summed E-state index contributed by atoms with van der Waals surface area (Å²) in [5, 5.41) is 5.85. The lowest BCUT2D eigenvalue weighted by atomic mass is 9.95. The van der Waals surface area contributed by atoms with E-state index >= 15 is 0 Å². The van der Waals surface area contributed by atoms with Crippen molar-refractivity contribution in [2.75, 3.05) is 11.9 Å². The van der Waals surface area contributed by atoms with Crippen LogP contribution in [0.15, 0.2) is 42.5 Å². The normalized spacial score (nSPS) is 13.0. The van der Waals surface area contributed by atoms with Crippen LogP contribution in [0.2, 0.25) is 0 Å². The maximum absolute atomic E-state index is 14.1. The molecular formula is C30H43N3O4. The van der Waals surface area contributed by atoms with E-state index in [0.717, 1.165) is 27.9 Å². The van der Waals surface area contributed by atoms with Gasteiger partial charge in [0.15, 0.2) is 0 Å². The first-order valence-corrected chi connectivity index (χ1v) is 13.0. The summed E-state index contributed by atoms with van der Waals surface area (Å²) in [5.74, 6) is -0.848.